The third-order valence-electron chi connectivity index (χ3n) is 7.36. The maximum atomic E-state index is 16.6. The van der Waals surface area contributed by atoms with Crippen LogP contribution in [0.25, 0.3) is 0 Å². The number of esters is 1. The molecule has 4 atom stereocenters. The van der Waals surface area contributed by atoms with E-state index in [1.807, 2.05) is 70.0 Å². The van der Waals surface area contributed by atoms with Crippen molar-refractivity contribution in [2.24, 2.45) is 5.92 Å². The van der Waals surface area contributed by atoms with Gasteiger partial charge in [-0.1, -0.05) is 73.5 Å². The summed E-state index contributed by atoms with van der Waals surface area (Å²) in [6.45, 7) is 0.842. The molecule has 1 saturated heterocycles. The first kappa shape index (κ1) is 21.8. The minimum absolute atomic E-state index is 0.0185. The van der Waals surface area contributed by atoms with Crippen molar-refractivity contribution < 1.29 is 18.5 Å². The highest BCUT2D eigenvalue weighted by Crippen LogP contribution is 2.81. The molecule has 0 aromatic heterocycles. The average molecular weight is 456 g/mol. The van der Waals surface area contributed by atoms with Gasteiger partial charge in [0, 0.05) is 31.6 Å². The maximum absolute atomic E-state index is 16.6. The molecule has 2 aliphatic carbocycles. The van der Waals surface area contributed by atoms with Crippen molar-refractivity contribution in [3.8, 4) is 0 Å². The summed E-state index contributed by atoms with van der Waals surface area (Å²) in [4.78, 5) is 12.3. The Morgan fingerprint density at radius 2 is 1.44 bits per heavy atom. The Bertz CT molecular complexity index is 959. The van der Waals surface area contributed by atoms with E-state index in [1.165, 1.54) is 7.11 Å². The number of alkyl halides is 1. The summed E-state index contributed by atoms with van der Waals surface area (Å²) in [5, 5.41) is -2.07. The molecule has 170 valence electrons. The molecule has 0 radical (unpaired) electrons. The number of carbonyl (C=O) groups excluding carboxylic acids is 1. The van der Waals surface area contributed by atoms with E-state index in [1.54, 1.807) is 0 Å². The van der Waals surface area contributed by atoms with E-state index in [4.69, 9.17) is 4.74 Å². The summed E-state index contributed by atoms with van der Waals surface area (Å²) in [5.41, 5.74) is 2.02. The molecule has 32 heavy (non-hydrogen) atoms. The van der Waals surface area contributed by atoms with Crippen LogP contribution in [0.15, 0.2) is 60.7 Å². The zero-order chi connectivity index (χ0) is 22.3. The second kappa shape index (κ2) is 8.40. The van der Waals surface area contributed by atoms with Gasteiger partial charge < -0.3 is 4.74 Å². The van der Waals surface area contributed by atoms with Gasteiger partial charge >= 0.3 is 5.97 Å². The Kier molecular flexibility index (Phi) is 5.73. The van der Waals surface area contributed by atoms with Crippen molar-refractivity contribution in [2.45, 2.75) is 62.7 Å². The van der Waals surface area contributed by atoms with E-state index in [-0.39, 0.29) is 18.5 Å². The van der Waals surface area contributed by atoms with Gasteiger partial charge in [-0.2, -0.15) is 0 Å². The van der Waals surface area contributed by atoms with Crippen molar-refractivity contribution >= 4 is 13.4 Å². The van der Waals surface area contributed by atoms with E-state index in [9.17, 15) is 4.79 Å². The number of methoxy groups -OCH3 is 1. The van der Waals surface area contributed by atoms with Crippen LogP contribution in [0, 0.1) is 5.92 Å². The Morgan fingerprint density at radius 3 is 1.88 bits per heavy atom. The SMILES string of the molecule is COC(=O)[C@@H]1C[C@@]1(F)P1(=O)N(Cc2ccccc2)[C@@H]2CCCC[C@H]2N1Cc1ccccc1. The summed E-state index contributed by atoms with van der Waals surface area (Å²) >= 11 is 0. The van der Waals surface area contributed by atoms with Gasteiger partial charge in [-0.05, 0) is 24.0 Å². The first-order chi connectivity index (χ1) is 15.5. The van der Waals surface area contributed by atoms with Crippen molar-refractivity contribution in [2.75, 3.05) is 7.11 Å². The van der Waals surface area contributed by atoms with Crippen LogP contribution in [0.4, 0.5) is 4.39 Å². The van der Waals surface area contributed by atoms with E-state index in [0.717, 1.165) is 36.8 Å². The van der Waals surface area contributed by atoms with Crippen molar-refractivity contribution in [3.05, 3.63) is 71.8 Å². The van der Waals surface area contributed by atoms with E-state index in [0.29, 0.717) is 13.1 Å². The van der Waals surface area contributed by atoms with E-state index in [2.05, 4.69) is 0 Å². The summed E-state index contributed by atoms with van der Waals surface area (Å²) in [6.07, 6.45) is 3.85. The summed E-state index contributed by atoms with van der Waals surface area (Å²) in [7, 11) is -2.45. The van der Waals surface area contributed by atoms with Gasteiger partial charge in [-0.15, -0.1) is 0 Å². The molecule has 2 aromatic carbocycles. The lowest BCUT2D eigenvalue weighted by atomic mass is 9.90. The molecule has 0 bridgehead atoms. The highest BCUT2D eigenvalue weighted by atomic mass is 31.2. The zero-order valence-corrected chi connectivity index (χ0v) is 19.3. The van der Waals surface area contributed by atoms with Gasteiger partial charge in [0.05, 0.1) is 7.11 Å². The van der Waals surface area contributed by atoms with Crippen molar-refractivity contribution in [1.82, 2.24) is 9.34 Å². The Labute approximate surface area is 189 Å². The van der Waals surface area contributed by atoms with E-state index < -0.39 is 24.7 Å². The number of benzene rings is 2. The minimum atomic E-state index is -3.72. The van der Waals surface area contributed by atoms with Crippen LogP contribution >= 0.6 is 7.44 Å². The molecule has 5 rings (SSSR count). The number of rotatable bonds is 6. The van der Waals surface area contributed by atoms with Crippen LogP contribution < -0.4 is 0 Å². The van der Waals surface area contributed by atoms with Gasteiger partial charge in [-0.25, -0.2) is 13.7 Å². The summed E-state index contributed by atoms with van der Waals surface area (Å²) < 4.78 is 40.4. The summed E-state index contributed by atoms with van der Waals surface area (Å²) in [5.74, 6) is -1.56. The molecule has 7 heteroatoms. The molecule has 2 aromatic rings. The van der Waals surface area contributed by atoms with Gasteiger partial charge in [0.15, 0.2) is 0 Å². The quantitative estimate of drug-likeness (QED) is 0.432. The van der Waals surface area contributed by atoms with Crippen molar-refractivity contribution in [3.63, 3.8) is 0 Å². The standard InChI is InChI=1S/C25H30FN2O3P/c1-31-24(29)21-16-25(21,26)32(30)27(17-19-10-4-2-5-11-19)22-14-8-9-15-23(22)28(32)18-20-12-6-3-7-13-20/h2-7,10-13,21-23H,8-9,14-18H2,1H3/t21-,22+,23+,25+/m0/s1. The van der Waals surface area contributed by atoms with Gasteiger partial charge in [0.2, 0.25) is 5.41 Å². The van der Waals surface area contributed by atoms with E-state index >= 15 is 8.96 Å². The molecular formula is C25H30FN2O3P. The predicted octanol–water partition coefficient (Wildman–Crippen LogP) is 5.37. The highest BCUT2D eigenvalue weighted by molar-refractivity contribution is 7.61. The topological polar surface area (TPSA) is 49.9 Å². The normalized spacial score (nSPS) is 31.8. The molecule has 0 N–H and O–H groups in total. The second-order valence-corrected chi connectivity index (χ2v) is 12.1. The zero-order valence-electron chi connectivity index (χ0n) is 18.4. The van der Waals surface area contributed by atoms with Gasteiger partial charge in [-0.3, -0.25) is 9.36 Å². The fraction of sp³-hybridized carbons (Fsp3) is 0.480. The third kappa shape index (κ3) is 3.44. The molecule has 3 aliphatic rings. The number of hydrogen-bond acceptors (Lipinski definition) is 3. The number of carbonyl (C=O) groups is 1. The maximum Gasteiger partial charge on any atom is 0.312 e. The third-order valence-corrected chi connectivity index (χ3v) is 11.1. The molecular weight excluding hydrogens is 426 g/mol. The Morgan fingerprint density at radius 1 is 0.969 bits per heavy atom. The highest BCUT2D eigenvalue weighted by Gasteiger charge is 2.77. The first-order valence-corrected chi connectivity index (χ1v) is 13.1. The number of hydrogen-bond donors (Lipinski definition) is 0. The number of halogens is 1. The van der Waals surface area contributed by atoms with Crippen LogP contribution in [0.3, 0.4) is 0 Å². The predicted molar refractivity (Wildman–Crippen MR) is 122 cm³/mol. The second-order valence-electron chi connectivity index (χ2n) is 9.23. The van der Waals surface area contributed by atoms with Gasteiger partial charge in [0.1, 0.15) is 5.92 Å². The molecule has 1 heterocycles. The van der Waals surface area contributed by atoms with Gasteiger partial charge in [0.25, 0.3) is 7.44 Å². The summed E-state index contributed by atoms with van der Waals surface area (Å²) in [6, 6.07) is 19.7. The lowest BCUT2D eigenvalue weighted by Gasteiger charge is -2.35. The number of fused-ring (bicyclic) bond motifs is 1. The van der Waals surface area contributed by atoms with Crippen LogP contribution in [-0.4, -0.2) is 39.9 Å². The van der Waals surface area contributed by atoms with Crippen molar-refractivity contribution in [1.29, 1.82) is 0 Å². The lowest BCUT2D eigenvalue weighted by Crippen LogP contribution is -2.39. The molecule has 2 saturated carbocycles. The van der Waals surface area contributed by atoms with Crippen LogP contribution in [0.5, 0.6) is 0 Å². The molecule has 3 fully saturated rings. The average Bonchev–Trinajstić information content (AvgIpc) is 3.48. The molecule has 1 aliphatic heterocycles. The number of nitrogens with zero attached hydrogens (tertiary/aromatic N) is 2. The first-order valence-electron chi connectivity index (χ1n) is 11.5. The monoisotopic (exact) mass is 456 g/mol. The minimum Gasteiger partial charge on any atom is -0.469 e. The molecule has 0 unspecified atom stereocenters. The smallest absolute Gasteiger partial charge is 0.312 e. The molecule has 5 nitrogen and oxygen atoms in total. The molecule has 0 spiro atoms. The lowest BCUT2D eigenvalue weighted by molar-refractivity contribution is -0.142. The Balaban J connectivity index is 1.59. The Hall–Kier alpha value is -2.01. The van der Waals surface area contributed by atoms with Crippen LogP contribution in [0.2, 0.25) is 0 Å². The van der Waals surface area contributed by atoms with Crippen LogP contribution in [-0.2, 0) is 27.2 Å². The fourth-order valence-electron chi connectivity index (χ4n) is 5.69. The van der Waals surface area contributed by atoms with Crippen LogP contribution in [0.1, 0.15) is 43.2 Å². The largest absolute Gasteiger partial charge is 0.469 e. The fourth-order valence-corrected chi connectivity index (χ4v) is 9.82. The molecule has 0 amide bonds. The number of ether oxygens (including phenoxy) is 1.